The van der Waals surface area contributed by atoms with E-state index in [9.17, 15) is 9.59 Å². The third-order valence-electron chi connectivity index (χ3n) is 2.24. The van der Waals surface area contributed by atoms with Crippen molar-refractivity contribution < 1.29 is 19.5 Å². The van der Waals surface area contributed by atoms with Crippen molar-refractivity contribution in [3.05, 3.63) is 22.4 Å². The number of hydroxylamine groups is 1. The quantitative estimate of drug-likeness (QED) is 0.682. The van der Waals surface area contributed by atoms with Gasteiger partial charge in [-0.1, -0.05) is 19.9 Å². The van der Waals surface area contributed by atoms with Crippen molar-refractivity contribution in [2.45, 2.75) is 19.3 Å². The molecule has 0 bridgehead atoms. The van der Waals surface area contributed by atoms with Crippen LogP contribution in [0.5, 0.6) is 0 Å². The summed E-state index contributed by atoms with van der Waals surface area (Å²) in [6.45, 7) is 3.88. The Labute approximate surface area is 109 Å². The van der Waals surface area contributed by atoms with Gasteiger partial charge in [-0.15, -0.1) is 11.3 Å². The molecule has 0 saturated carbocycles. The van der Waals surface area contributed by atoms with Crippen LogP contribution in [0.2, 0.25) is 0 Å². The Bertz CT molecular complexity index is 403. The molecule has 7 heteroatoms. The topological polar surface area (TPSA) is 87.7 Å². The lowest BCUT2D eigenvalue weighted by atomic mass is 9.91. The van der Waals surface area contributed by atoms with Crippen LogP contribution in [0, 0.1) is 0 Å². The molecule has 0 saturated heterocycles. The second-order valence-corrected chi connectivity index (χ2v) is 5.28. The van der Waals surface area contributed by atoms with Crippen LogP contribution in [0.15, 0.2) is 17.5 Å². The number of hydrogen-bond donors (Lipinski definition) is 3. The summed E-state index contributed by atoms with van der Waals surface area (Å²) in [5.41, 5.74) is 1.82. The van der Waals surface area contributed by atoms with Crippen LogP contribution in [0.3, 0.4) is 0 Å². The summed E-state index contributed by atoms with van der Waals surface area (Å²) in [5, 5.41) is 12.9. The Balaban J connectivity index is 2.32. The SMILES string of the molecule is CC(C)(CNC(=O)NOCC(=O)O)c1cccs1. The molecule has 1 aromatic heterocycles. The monoisotopic (exact) mass is 272 g/mol. The predicted molar refractivity (Wildman–Crippen MR) is 67.5 cm³/mol. The van der Waals surface area contributed by atoms with Crippen LogP contribution in [0.1, 0.15) is 18.7 Å². The molecule has 3 N–H and O–H groups in total. The molecule has 0 radical (unpaired) electrons. The van der Waals surface area contributed by atoms with Crippen LogP contribution in [-0.4, -0.2) is 30.3 Å². The van der Waals surface area contributed by atoms with Gasteiger partial charge in [0, 0.05) is 16.8 Å². The van der Waals surface area contributed by atoms with Crippen molar-refractivity contribution in [2.75, 3.05) is 13.2 Å². The largest absolute Gasteiger partial charge is 0.479 e. The summed E-state index contributed by atoms with van der Waals surface area (Å²) in [5.74, 6) is -1.14. The number of rotatable bonds is 6. The average Bonchev–Trinajstić information content (AvgIpc) is 2.80. The summed E-state index contributed by atoms with van der Waals surface area (Å²) < 4.78 is 0. The van der Waals surface area contributed by atoms with E-state index < -0.39 is 18.6 Å². The fraction of sp³-hybridized carbons (Fsp3) is 0.455. The van der Waals surface area contributed by atoms with E-state index in [4.69, 9.17) is 5.11 Å². The van der Waals surface area contributed by atoms with Crippen LogP contribution < -0.4 is 10.8 Å². The number of carbonyl (C=O) groups excluding carboxylic acids is 1. The molecule has 0 spiro atoms. The number of carbonyl (C=O) groups is 2. The number of thiophene rings is 1. The van der Waals surface area contributed by atoms with Crippen molar-refractivity contribution in [2.24, 2.45) is 0 Å². The van der Waals surface area contributed by atoms with Gasteiger partial charge in [-0.05, 0) is 11.4 Å². The number of carboxylic acid groups (broad SMARTS) is 1. The van der Waals surface area contributed by atoms with Crippen LogP contribution >= 0.6 is 11.3 Å². The van der Waals surface area contributed by atoms with Gasteiger partial charge in [0.1, 0.15) is 0 Å². The molecule has 0 fully saturated rings. The highest BCUT2D eigenvalue weighted by Gasteiger charge is 2.22. The van der Waals surface area contributed by atoms with Gasteiger partial charge in [0.05, 0.1) is 0 Å². The second kappa shape index (κ2) is 6.36. The van der Waals surface area contributed by atoms with Gasteiger partial charge in [-0.2, -0.15) is 0 Å². The molecule has 1 aromatic rings. The van der Waals surface area contributed by atoms with Crippen molar-refractivity contribution in [3.8, 4) is 0 Å². The summed E-state index contributed by atoms with van der Waals surface area (Å²) in [4.78, 5) is 27.1. The van der Waals surface area contributed by atoms with Crippen molar-refractivity contribution in [1.29, 1.82) is 0 Å². The molecule has 1 rings (SSSR count). The molecule has 100 valence electrons. The zero-order chi connectivity index (χ0) is 13.6. The van der Waals surface area contributed by atoms with Crippen molar-refractivity contribution >= 4 is 23.3 Å². The lowest BCUT2D eigenvalue weighted by molar-refractivity contribution is -0.144. The fourth-order valence-corrected chi connectivity index (χ4v) is 2.10. The van der Waals surface area contributed by atoms with E-state index in [1.165, 1.54) is 0 Å². The molecule has 0 atom stereocenters. The highest BCUT2D eigenvalue weighted by molar-refractivity contribution is 7.10. The molecule has 0 aliphatic heterocycles. The minimum absolute atomic E-state index is 0.182. The van der Waals surface area contributed by atoms with Gasteiger partial charge in [0.25, 0.3) is 0 Å². The first-order valence-electron chi connectivity index (χ1n) is 5.33. The third-order valence-corrected chi connectivity index (χ3v) is 3.48. The molecule has 2 amide bonds. The Morgan fingerprint density at radius 2 is 2.22 bits per heavy atom. The maximum Gasteiger partial charge on any atom is 0.338 e. The van der Waals surface area contributed by atoms with E-state index in [1.807, 2.05) is 36.8 Å². The third kappa shape index (κ3) is 4.72. The number of carboxylic acids is 1. The summed E-state index contributed by atoms with van der Waals surface area (Å²) in [7, 11) is 0. The Morgan fingerprint density at radius 1 is 1.50 bits per heavy atom. The molecule has 0 aliphatic rings. The molecular weight excluding hydrogens is 256 g/mol. The number of amides is 2. The maximum atomic E-state index is 11.3. The van der Waals surface area contributed by atoms with Gasteiger partial charge in [0.15, 0.2) is 6.61 Å². The highest BCUT2D eigenvalue weighted by atomic mass is 32.1. The molecule has 6 nitrogen and oxygen atoms in total. The lowest BCUT2D eigenvalue weighted by Gasteiger charge is -2.23. The van der Waals surface area contributed by atoms with Gasteiger partial charge in [0.2, 0.25) is 0 Å². The van der Waals surface area contributed by atoms with E-state index >= 15 is 0 Å². The first-order valence-corrected chi connectivity index (χ1v) is 6.21. The molecule has 1 heterocycles. The number of nitrogens with one attached hydrogen (secondary N) is 2. The standard InChI is InChI=1S/C11H16N2O4S/c1-11(2,8-4-3-5-18-8)7-12-10(16)13-17-6-9(14)15/h3-5H,6-7H2,1-2H3,(H,14,15)(H2,12,13,16). The molecular formula is C11H16N2O4S. The van der Waals surface area contributed by atoms with Gasteiger partial charge >= 0.3 is 12.0 Å². The van der Waals surface area contributed by atoms with E-state index in [-0.39, 0.29) is 5.41 Å². The fourth-order valence-electron chi connectivity index (χ4n) is 1.25. The van der Waals surface area contributed by atoms with Crippen LogP contribution in [-0.2, 0) is 15.0 Å². The smallest absolute Gasteiger partial charge is 0.338 e. The zero-order valence-electron chi connectivity index (χ0n) is 10.2. The second-order valence-electron chi connectivity index (χ2n) is 4.33. The van der Waals surface area contributed by atoms with E-state index in [1.54, 1.807) is 11.3 Å². The van der Waals surface area contributed by atoms with Crippen molar-refractivity contribution in [3.63, 3.8) is 0 Å². The first-order chi connectivity index (χ1) is 8.42. The Kier molecular flexibility index (Phi) is 5.11. The molecule has 18 heavy (non-hydrogen) atoms. The lowest BCUT2D eigenvalue weighted by Crippen LogP contribution is -2.42. The maximum absolute atomic E-state index is 11.3. The summed E-state index contributed by atoms with van der Waals surface area (Å²) in [6, 6.07) is 3.41. The number of aliphatic carboxylic acids is 1. The minimum atomic E-state index is -1.14. The summed E-state index contributed by atoms with van der Waals surface area (Å²) >= 11 is 1.62. The van der Waals surface area contributed by atoms with Gasteiger partial charge in [-0.25, -0.2) is 15.1 Å². The van der Waals surface area contributed by atoms with E-state index in [2.05, 4.69) is 10.2 Å². The highest BCUT2D eigenvalue weighted by Crippen LogP contribution is 2.26. The number of urea groups is 1. The van der Waals surface area contributed by atoms with Crippen molar-refractivity contribution in [1.82, 2.24) is 10.8 Å². The van der Waals surface area contributed by atoms with E-state index in [0.717, 1.165) is 4.88 Å². The molecule has 0 aliphatic carbocycles. The van der Waals surface area contributed by atoms with Crippen LogP contribution in [0.4, 0.5) is 4.79 Å². The van der Waals surface area contributed by atoms with Gasteiger partial charge < -0.3 is 10.4 Å². The first kappa shape index (κ1) is 14.5. The normalized spacial score (nSPS) is 11.0. The average molecular weight is 272 g/mol. The molecule has 0 aromatic carbocycles. The molecule has 0 unspecified atom stereocenters. The Hall–Kier alpha value is -1.60. The Morgan fingerprint density at radius 3 is 2.78 bits per heavy atom. The number of hydrogen-bond acceptors (Lipinski definition) is 4. The minimum Gasteiger partial charge on any atom is -0.479 e. The van der Waals surface area contributed by atoms with E-state index in [0.29, 0.717) is 6.54 Å². The van der Waals surface area contributed by atoms with Gasteiger partial charge in [-0.3, -0.25) is 4.84 Å². The summed E-state index contributed by atoms with van der Waals surface area (Å²) in [6.07, 6.45) is 0. The zero-order valence-corrected chi connectivity index (χ0v) is 11.0. The predicted octanol–water partition coefficient (Wildman–Crippen LogP) is 1.34. The van der Waals surface area contributed by atoms with Crippen LogP contribution in [0.25, 0.3) is 0 Å².